The molecular formula is C13H12O2. The summed E-state index contributed by atoms with van der Waals surface area (Å²) in [6.07, 6.45) is 2.54. The van der Waals surface area contributed by atoms with Gasteiger partial charge in [-0.15, -0.1) is 0 Å². The van der Waals surface area contributed by atoms with Gasteiger partial charge >= 0.3 is 0 Å². The first-order valence-electron chi connectivity index (χ1n) is 5.72. The van der Waals surface area contributed by atoms with Gasteiger partial charge in [0.25, 0.3) is 0 Å². The molecule has 1 unspecified atom stereocenters. The van der Waals surface area contributed by atoms with Crippen molar-refractivity contribution < 1.29 is 10.9 Å². The van der Waals surface area contributed by atoms with Crippen LogP contribution in [0, 0.1) is 0 Å². The highest BCUT2D eigenvalue weighted by molar-refractivity contribution is 6.02. The molecule has 0 spiro atoms. The van der Waals surface area contributed by atoms with E-state index in [0.29, 0.717) is 24.2 Å². The molecule has 1 aromatic carbocycles. The largest absolute Gasteiger partial charge is 0.485 e. The number of ketones is 1. The molecule has 1 atom stereocenters. The Morgan fingerprint density at radius 2 is 2.27 bits per heavy atom. The van der Waals surface area contributed by atoms with E-state index < -0.39 is 6.08 Å². The molecule has 15 heavy (non-hydrogen) atoms. The zero-order valence-corrected chi connectivity index (χ0v) is 8.32. The molecule has 1 aliphatic carbocycles. The number of carbonyl (C=O) groups excluding carboxylic acids is 1. The maximum absolute atomic E-state index is 11.8. The van der Waals surface area contributed by atoms with Gasteiger partial charge in [0.05, 0.1) is 1.37 Å². The standard InChI is InChI=1S/C13H12O2/c14-11-5-3-7-13-10(11)8-9-4-1-2-6-12(9)15-13/h1-2,4,6,8,13H,3,5,7H2/i13D. The highest BCUT2D eigenvalue weighted by atomic mass is 16.5. The van der Waals surface area contributed by atoms with Crippen molar-refractivity contribution >= 4 is 11.9 Å². The first-order chi connectivity index (χ1) is 7.69. The van der Waals surface area contributed by atoms with E-state index in [-0.39, 0.29) is 5.78 Å². The monoisotopic (exact) mass is 201 g/mol. The normalized spacial score (nSPS) is 29.5. The third-order valence-electron chi connectivity index (χ3n) is 2.86. The van der Waals surface area contributed by atoms with Gasteiger partial charge in [0.15, 0.2) is 5.78 Å². The molecule has 1 aromatic rings. The molecule has 1 heterocycles. The topological polar surface area (TPSA) is 26.3 Å². The van der Waals surface area contributed by atoms with Crippen molar-refractivity contribution in [3.05, 3.63) is 35.4 Å². The van der Waals surface area contributed by atoms with Gasteiger partial charge in [-0.1, -0.05) is 18.2 Å². The average Bonchev–Trinajstić information content (AvgIpc) is 2.27. The molecule has 0 radical (unpaired) electrons. The fourth-order valence-electron chi connectivity index (χ4n) is 2.08. The number of ether oxygens (including phenoxy) is 1. The van der Waals surface area contributed by atoms with Crippen LogP contribution >= 0.6 is 0 Å². The summed E-state index contributed by atoms with van der Waals surface area (Å²) in [5, 5.41) is 0. The molecular weight excluding hydrogens is 188 g/mol. The minimum atomic E-state index is -1.15. The van der Waals surface area contributed by atoms with Crippen molar-refractivity contribution in [3.63, 3.8) is 0 Å². The van der Waals surface area contributed by atoms with E-state index in [1.807, 2.05) is 30.3 Å². The second-order valence-corrected chi connectivity index (χ2v) is 3.90. The smallest absolute Gasteiger partial charge is 0.162 e. The van der Waals surface area contributed by atoms with Gasteiger partial charge in [0.2, 0.25) is 0 Å². The zero-order chi connectivity index (χ0) is 11.2. The summed E-state index contributed by atoms with van der Waals surface area (Å²) in [6.45, 7) is 0. The molecule has 1 fully saturated rings. The number of carbonyl (C=O) groups is 1. The fraction of sp³-hybridized carbons (Fsp3) is 0.308. The Bertz CT molecular complexity index is 492. The number of fused-ring (bicyclic) bond motifs is 2. The maximum Gasteiger partial charge on any atom is 0.162 e. The SMILES string of the molecule is [2H]C12CCCC(=O)C1=Cc1ccccc1O2. The summed E-state index contributed by atoms with van der Waals surface area (Å²) in [4.78, 5) is 11.8. The first kappa shape index (κ1) is 7.69. The quantitative estimate of drug-likeness (QED) is 0.645. The second-order valence-electron chi connectivity index (χ2n) is 3.90. The summed E-state index contributed by atoms with van der Waals surface area (Å²) < 4.78 is 13.9. The summed E-state index contributed by atoms with van der Waals surface area (Å²) >= 11 is 0. The molecule has 0 amide bonds. The molecule has 0 N–H and O–H groups in total. The van der Waals surface area contributed by atoms with E-state index in [0.717, 1.165) is 12.0 Å². The zero-order valence-electron chi connectivity index (χ0n) is 9.32. The van der Waals surface area contributed by atoms with Crippen LogP contribution in [0.25, 0.3) is 6.08 Å². The Balaban J connectivity index is 2.15. The Hall–Kier alpha value is -1.57. The van der Waals surface area contributed by atoms with E-state index in [4.69, 9.17) is 6.11 Å². The van der Waals surface area contributed by atoms with Crippen LogP contribution in [0.1, 0.15) is 26.2 Å². The lowest BCUT2D eigenvalue weighted by Crippen LogP contribution is -2.30. The highest BCUT2D eigenvalue weighted by Gasteiger charge is 2.30. The molecule has 2 nitrogen and oxygen atoms in total. The minimum absolute atomic E-state index is 0.0516. The van der Waals surface area contributed by atoms with Crippen LogP contribution in [0.15, 0.2) is 29.8 Å². The Labute approximate surface area is 90.0 Å². The van der Waals surface area contributed by atoms with Gasteiger partial charge in [-0.3, -0.25) is 4.79 Å². The lowest BCUT2D eigenvalue weighted by molar-refractivity contribution is -0.117. The molecule has 1 aliphatic heterocycles. The number of benzene rings is 1. The Morgan fingerprint density at radius 1 is 1.40 bits per heavy atom. The molecule has 2 heteroatoms. The summed E-state index contributed by atoms with van der Waals surface area (Å²) in [6, 6.07) is 7.54. The number of hydrogen-bond donors (Lipinski definition) is 0. The van der Waals surface area contributed by atoms with Crippen LogP contribution in [0.5, 0.6) is 5.75 Å². The number of rotatable bonds is 0. The molecule has 76 valence electrons. The predicted octanol–water partition coefficient (Wildman–Crippen LogP) is 2.58. The van der Waals surface area contributed by atoms with Gasteiger partial charge < -0.3 is 4.74 Å². The highest BCUT2D eigenvalue weighted by Crippen LogP contribution is 2.34. The van der Waals surface area contributed by atoms with Crippen LogP contribution in [0.2, 0.25) is 0 Å². The minimum Gasteiger partial charge on any atom is -0.485 e. The van der Waals surface area contributed by atoms with Crippen molar-refractivity contribution in [2.75, 3.05) is 0 Å². The lowest BCUT2D eigenvalue weighted by atomic mass is 9.87. The predicted molar refractivity (Wildman–Crippen MR) is 57.7 cm³/mol. The third kappa shape index (κ3) is 1.37. The molecule has 3 rings (SSSR count). The molecule has 0 aromatic heterocycles. The lowest BCUT2D eigenvalue weighted by Gasteiger charge is -2.29. The van der Waals surface area contributed by atoms with E-state index in [9.17, 15) is 4.79 Å². The first-order valence-corrected chi connectivity index (χ1v) is 5.22. The van der Waals surface area contributed by atoms with E-state index in [1.54, 1.807) is 0 Å². The fourth-order valence-corrected chi connectivity index (χ4v) is 2.08. The Kier molecular flexibility index (Phi) is 1.65. The summed E-state index contributed by atoms with van der Waals surface area (Å²) in [5.74, 6) is 0.756. The van der Waals surface area contributed by atoms with E-state index in [2.05, 4.69) is 0 Å². The van der Waals surface area contributed by atoms with Gasteiger partial charge in [0, 0.05) is 17.6 Å². The van der Waals surface area contributed by atoms with Gasteiger partial charge in [-0.25, -0.2) is 0 Å². The molecule has 2 aliphatic rings. The number of para-hydroxylation sites is 1. The van der Waals surface area contributed by atoms with Crippen LogP contribution in [0.4, 0.5) is 0 Å². The van der Waals surface area contributed by atoms with Crippen LogP contribution in [0.3, 0.4) is 0 Å². The van der Waals surface area contributed by atoms with Gasteiger partial charge in [0.1, 0.15) is 11.8 Å². The van der Waals surface area contributed by atoms with E-state index in [1.165, 1.54) is 0 Å². The van der Waals surface area contributed by atoms with Crippen molar-refractivity contribution in [2.24, 2.45) is 0 Å². The van der Waals surface area contributed by atoms with E-state index >= 15 is 0 Å². The third-order valence-corrected chi connectivity index (χ3v) is 2.86. The van der Waals surface area contributed by atoms with Crippen molar-refractivity contribution in [1.29, 1.82) is 0 Å². The molecule has 1 saturated carbocycles. The molecule has 0 saturated heterocycles. The molecule has 0 bridgehead atoms. The van der Waals surface area contributed by atoms with Crippen molar-refractivity contribution in [1.82, 2.24) is 0 Å². The summed E-state index contributed by atoms with van der Waals surface area (Å²) in [7, 11) is 0. The van der Waals surface area contributed by atoms with Crippen molar-refractivity contribution in [2.45, 2.75) is 25.3 Å². The summed E-state index contributed by atoms with van der Waals surface area (Å²) in [5.41, 5.74) is 1.41. The number of Topliss-reactive ketones (excluding diaryl/α,β-unsaturated/α-hetero) is 1. The maximum atomic E-state index is 11.8. The van der Waals surface area contributed by atoms with Gasteiger partial charge in [-0.05, 0) is 25.0 Å². The second kappa shape index (κ2) is 3.23. The van der Waals surface area contributed by atoms with Gasteiger partial charge in [-0.2, -0.15) is 0 Å². The number of hydrogen-bond acceptors (Lipinski definition) is 2. The Morgan fingerprint density at radius 3 is 3.20 bits per heavy atom. The van der Waals surface area contributed by atoms with Crippen molar-refractivity contribution in [3.8, 4) is 5.75 Å². The van der Waals surface area contributed by atoms with Crippen LogP contribution in [-0.4, -0.2) is 11.9 Å². The van der Waals surface area contributed by atoms with Crippen LogP contribution < -0.4 is 4.74 Å². The van der Waals surface area contributed by atoms with Crippen LogP contribution in [-0.2, 0) is 4.79 Å². The average molecular weight is 201 g/mol.